The summed E-state index contributed by atoms with van der Waals surface area (Å²) in [5.41, 5.74) is 2.62. The minimum absolute atomic E-state index is 0.00456. The van der Waals surface area contributed by atoms with Gasteiger partial charge in [-0.3, -0.25) is 0 Å². The molecule has 4 heteroatoms. The molecule has 21 heavy (non-hydrogen) atoms. The molecule has 0 aliphatic carbocycles. The molecule has 2 aromatic carbocycles. The minimum Gasteiger partial charge on any atom is -0.508 e. The first kappa shape index (κ1) is 15.0. The van der Waals surface area contributed by atoms with Crippen LogP contribution in [0.1, 0.15) is 41.5 Å². The molecular formula is C17H20O4. The van der Waals surface area contributed by atoms with Crippen molar-refractivity contribution in [3.8, 4) is 23.0 Å². The Kier molecular flexibility index (Phi) is 3.98. The first-order chi connectivity index (χ1) is 9.85. The summed E-state index contributed by atoms with van der Waals surface area (Å²) in [5, 5.41) is 39.5. The van der Waals surface area contributed by atoms with E-state index in [2.05, 4.69) is 0 Å². The van der Waals surface area contributed by atoms with Crippen LogP contribution in [0, 0.1) is 13.8 Å². The fraction of sp³-hybridized carbons (Fsp3) is 0.294. The zero-order chi connectivity index (χ0) is 15.7. The second kappa shape index (κ2) is 5.56. The molecular weight excluding hydrogens is 268 g/mol. The molecule has 0 amide bonds. The summed E-state index contributed by atoms with van der Waals surface area (Å²) in [6, 6.07) is 6.08. The summed E-state index contributed by atoms with van der Waals surface area (Å²) in [7, 11) is 0. The first-order valence-electron chi connectivity index (χ1n) is 6.90. The van der Waals surface area contributed by atoms with Crippen LogP contribution < -0.4 is 0 Å². The van der Waals surface area contributed by atoms with Crippen molar-refractivity contribution in [3.63, 3.8) is 0 Å². The van der Waals surface area contributed by atoms with Gasteiger partial charge in [-0.15, -0.1) is 0 Å². The van der Waals surface area contributed by atoms with Crippen LogP contribution >= 0.6 is 0 Å². The maximum atomic E-state index is 10.1. The van der Waals surface area contributed by atoms with Gasteiger partial charge in [-0.05, 0) is 43.5 Å². The molecule has 0 radical (unpaired) electrons. The van der Waals surface area contributed by atoms with Crippen molar-refractivity contribution in [2.75, 3.05) is 0 Å². The van der Waals surface area contributed by atoms with Crippen molar-refractivity contribution in [1.82, 2.24) is 0 Å². The number of hydrogen-bond acceptors (Lipinski definition) is 4. The summed E-state index contributed by atoms with van der Waals surface area (Å²) >= 11 is 0. The van der Waals surface area contributed by atoms with Crippen LogP contribution in [-0.2, 0) is 0 Å². The van der Waals surface area contributed by atoms with E-state index < -0.39 is 0 Å². The first-order valence-corrected chi connectivity index (χ1v) is 6.90. The summed E-state index contributed by atoms with van der Waals surface area (Å²) < 4.78 is 0. The number of phenolic OH excluding ortho intramolecular Hbond substituents is 4. The van der Waals surface area contributed by atoms with Crippen LogP contribution in [0.2, 0.25) is 0 Å². The Morgan fingerprint density at radius 1 is 0.714 bits per heavy atom. The van der Waals surface area contributed by atoms with E-state index in [9.17, 15) is 20.4 Å². The normalized spacial score (nSPS) is 11.0. The molecule has 0 fully saturated rings. The van der Waals surface area contributed by atoms with E-state index in [1.165, 1.54) is 12.1 Å². The van der Waals surface area contributed by atoms with Gasteiger partial charge in [0.05, 0.1) is 0 Å². The molecule has 0 spiro atoms. The van der Waals surface area contributed by atoms with Gasteiger partial charge in [0.1, 0.15) is 23.0 Å². The second-order valence-electron chi connectivity index (χ2n) is 5.36. The number of aromatic hydroxyl groups is 4. The number of phenols is 4. The molecule has 0 heterocycles. The van der Waals surface area contributed by atoms with Crippen molar-refractivity contribution in [2.24, 2.45) is 0 Å². The van der Waals surface area contributed by atoms with E-state index >= 15 is 0 Å². The lowest BCUT2D eigenvalue weighted by Crippen LogP contribution is -2.02. The van der Waals surface area contributed by atoms with Crippen LogP contribution in [0.3, 0.4) is 0 Å². The molecule has 0 bridgehead atoms. The van der Waals surface area contributed by atoms with Crippen molar-refractivity contribution in [2.45, 2.75) is 33.1 Å². The van der Waals surface area contributed by atoms with Crippen molar-refractivity contribution in [3.05, 3.63) is 46.5 Å². The van der Waals surface area contributed by atoms with Gasteiger partial charge >= 0.3 is 0 Å². The van der Waals surface area contributed by atoms with Gasteiger partial charge < -0.3 is 20.4 Å². The third kappa shape index (κ3) is 2.75. The highest BCUT2D eigenvalue weighted by Crippen LogP contribution is 2.41. The highest BCUT2D eigenvalue weighted by Gasteiger charge is 2.21. The minimum atomic E-state index is -0.219. The Morgan fingerprint density at radius 3 is 1.43 bits per heavy atom. The smallest absolute Gasteiger partial charge is 0.123 e. The lowest BCUT2D eigenvalue weighted by molar-refractivity contribution is 0.433. The van der Waals surface area contributed by atoms with E-state index in [1.807, 2.05) is 6.92 Å². The fourth-order valence-electron chi connectivity index (χ4n) is 2.58. The molecule has 0 aromatic heterocycles. The molecule has 0 atom stereocenters. The van der Waals surface area contributed by atoms with Gasteiger partial charge in [-0.1, -0.05) is 6.92 Å². The van der Waals surface area contributed by atoms with Crippen LogP contribution in [0.5, 0.6) is 23.0 Å². The Balaban J connectivity index is 2.60. The number of benzene rings is 2. The van der Waals surface area contributed by atoms with Crippen molar-refractivity contribution >= 4 is 0 Å². The van der Waals surface area contributed by atoms with Gasteiger partial charge in [0.15, 0.2) is 0 Å². The molecule has 2 aromatic rings. The predicted molar refractivity (Wildman–Crippen MR) is 81.2 cm³/mol. The molecule has 4 N–H and O–H groups in total. The van der Waals surface area contributed by atoms with Gasteiger partial charge in [0.2, 0.25) is 0 Å². The molecule has 0 saturated carbocycles. The average Bonchev–Trinajstić information content (AvgIpc) is 2.42. The number of aryl methyl sites for hydroxylation is 2. The van der Waals surface area contributed by atoms with Gasteiger partial charge in [-0.25, -0.2) is 0 Å². The van der Waals surface area contributed by atoms with Crippen LogP contribution in [0.15, 0.2) is 24.3 Å². The Labute approximate surface area is 123 Å². The highest BCUT2D eigenvalue weighted by atomic mass is 16.3. The van der Waals surface area contributed by atoms with Gasteiger partial charge in [0.25, 0.3) is 0 Å². The van der Waals surface area contributed by atoms with Crippen LogP contribution in [-0.4, -0.2) is 20.4 Å². The van der Waals surface area contributed by atoms with Crippen molar-refractivity contribution in [1.29, 1.82) is 0 Å². The lowest BCUT2D eigenvalue weighted by atomic mass is 9.86. The molecule has 112 valence electrons. The third-order valence-corrected chi connectivity index (χ3v) is 3.85. The SMILES string of the molecule is CCC(c1cc(C)c(O)cc1O)c1cc(C)c(O)cc1O. The lowest BCUT2D eigenvalue weighted by Gasteiger charge is -2.20. The summed E-state index contributed by atoms with van der Waals surface area (Å²) in [4.78, 5) is 0. The molecule has 4 nitrogen and oxygen atoms in total. The second-order valence-corrected chi connectivity index (χ2v) is 5.36. The average molecular weight is 288 g/mol. The van der Waals surface area contributed by atoms with Crippen molar-refractivity contribution < 1.29 is 20.4 Å². The molecule has 2 rings (SSSR count). The summed E-state index contributed by atoms with van der Waals surface area (Å²) in [5.74, 6) is -0.150. The quantitative estimate of drug-likeness (QED) is 0.694. The Hall–Kier alpha value is -2.36. The van der Waals surface area contributed by atoms with E-state index in [1.54, 1.807) is 26.0 Å². The van der Waals surface area contributed by atoms with Gasteiger partial charge in [0, 0.05) is 29.2 Å². The molecule has 0 saturated heterocycles. The molecule has 0 aliphatic heterocycles. The summed E-state index contributed by atoms with van der Waals surface area (Å²) in [6.45, 7) is 5.47. The monoisotopic (exact) mass is 288 g/mol. The predicted octanol–water partition coefficient (Wildman–Crippen LogP) is 3.67. The Morgan fingerprint density at radius 2 is 1.10 bits per heavy atom. The van der Waals surface area contributed by atoms with E-state index in [-0.39, 0.29) is 28.9 Å². The van der Waals surface area contributed by atoms with Crippen LogP contribution in [0.25, 0.3) is 0 Å². The third-order valence-electron chi connectivity index (χ3n) is 3.85. The zero-order valence-corrected chi connectivity index (χ0v) is 12.4. The highest BCUT2D eigenvalue weighted by molar-refractivity contribution is 5.53. The number of rotatable bonds is 3. The maximum Gasteiger partial charge on any atom is 0.123 e. The van der Waals surface area contributed by atoms with Crippen LogP contribution in [0.4, 0.5) is 0 Å². The van der Waals surface area contributed by atoms with Gasteiger partial charge in [-0.2, -0.15) is 0 Å². The van der Waals surface area contributed by atoms with E-state index in [4.69, 9.17) is 0 Å². The number of hydrogen-bond donors (Lipinski definition) is 4. The topological polar surface area (TPSA) is 80.9 Å². The molecule has 0 aliphatic rings. The van der Waals surface area contributed by atoms with E-state index in [0.717, 1.165) is 0 Å². The standard InChI is InChI=1S/C17H20O4/c1-4-11(12-5-9(2)14(18)7-16(12)20)13-6-10(3)15(19)8-17(13)21/h5-8,11,18-21H,4H2,1-3H3. The van der Waals surface area contributed by atoms with E-state index in [0.29, 0.717) is 28.7 Å². The summed E-state index contributed by atoms with van der Waals surface area (Å²) in [6.07, 6.45) is 0.662. The Bertz CT molecular complexity index is 619. The maximum absolute atomic E-state index is 10.1. The largest absolute Gasteiger partial charge is 0.508 e. The molecule has 0 unspecified atom stereocenters. The fourth-order valence-corrected chi connectivity index (χ4v) is 2.58. The zero-order valence-electron chi connectivity index (χ0n) is 12.4.